The second kappa shape index (κ2) is 6.33. The van der Waals surface area contributed by atoms with Crippen molar-refractivity contribution in [2.75, 3.05) is 26.7 Å². The van der Waals surface area contributed by atoms with Crippen LogP contribution in [0, 0.1) is 0 Å². The highest BCUT2D eigenvalue weighted by Crippen LogP contribution is 2.09. The Bertz CT molecular complexity index is 556. The number of pyridine rings is 1. The zero-order chi connectivity index (χ0) is 13.8. The summed E-state index contributed by atoms with van der Waals surface area (Å²) in [7, 11) is -1.74. The van der Waals surface area contributed by atoms with E-state index in [1.807, 2.05) is 18.9 Å². The molecule has 0 atom stereocenters. The normalized spacial score (nSPS) is 12.0. The summed E-state index contributed by atoms with van der Waals surface area (Å²) in [6.45, 7) is 3.72. The van der Waals surface area contributed by atoms with E-state index in [4.69, 9.17) is 11.6 Å². The predicted octanol–water partition coefficient (Wildman–Crippen LogP) is 0.258. The second-order valence-electron chi connectivity index (χ2n) is 3.81. The van der Waals surface area contributed by atoms with E-state index in [1.165, 1.54) is 0 Å². The van der Waals surface area contributed by atoms with Crippen molar-refractivity contribution in [2.24, 2.45) is 0 Å². The second-order valence-corrected chi connectivity index (χ2v) is 5.98. The van der Waals surface area contributed by atoms with E-state index in [0.29, 0.717) is 13.1 Å². The summed E-state index contributed by atoms with van der Waals surface area (Å²) in [6.07, 6.45) is 1.13. The number of hydrogen-bond donors (Lipinski definition) is 2. The molecule has 102 valence electrons. The van der Waals surface area contributed by atoms with Gasteiger partial charge in [0.05, 0.1) is 4.90 Å². The molecule has 18 heavy (non-hydrogen) atoms. The van der Waals surface area contributed by atoms with Crippen molar-refractivity contribution < 1.29 is 8.42 Å². The zero-order valence-corrected chi connectivity index (χ0v) is 11.8. The number of hydrogen-bond acceptors (Lipinski definition) is 4. The fraction of sp³-hybridized carbons (Fsp3) is 0.500. The van der Waals surface area contributed by atoms with E-state index in [0.717, 1.165) is 18.8 Å². The van der Waals surface area contributed by atoms with Crippen LogP contribution < -0.4 is 10.3 Å². The Morgan fingerprint density at radius 1 is 1.50 bits per heavy atom. The van der Waals surface area contributed by atoms with Gasteiger partial charge in [0.2, 0.25) is 10.0 Å². The number of nitrogens with zero attached hydrogens (tertiary/aromatic N) is 1. The van der Waals surface area contributed by atoms with Gasteiger partial charge in [-0.25, -0.2) is 13.1 Å². The number of aromatic nitrogens is 1. The minimum atomic E-state index is -3.63. The summed E-state index contributed by atoms with van der Waals surface area (Å²) in [5.74, 6) is 0. The number of halogens is 1. The van der Waals surface area contributed by atoms with E-state index in [2.05, 4.69) is 9.71 Å². The first-order valence-electron chi connectivity index (χ1n) is 5.43. The minimum Gasteiger partial charge on any atom is -0.326 e. The van der Waals surface area contributed by atoms with E-state index in [1.54, 1.807) is 0 Å². The van der Waals surface area contributed by atoms with Gasteiger partial charge in [-0.15, -0.1) is 0 Å². The molecule has 1 heterocycles. The number of aromatic amines is 1. The first-order chi connectivity index (χ1) is 8.36. The molecule has 0 radical (unpaired) electrons. The van der Waals surface area contributed by atoms with Crippen LogP contribution in [0.2, 0.25) is 5.02 Å². The van der Waals surface area contributed by atoms with Crippen LogP contribution in [0.25, 0.3) is 0 Å². The molecule has 0 unspecified atom stereocenters. The largest absolute Gasteiger partial charge is 0.326 e. The Morgan fingerprint density at radius 2 is 2.17 bits per heavy atom. The third kappa shape index (κ3) is 4.09. The summed E-state index contributed by atoms with van der Waals surface area (Å²) < 4.78 is 26.1. The van der Waals surface area contributed by atoms with Crippen molar-refractivity contribution >= 4 is 21.6 Å². The van der Waals surface area contributed by atoms with Crippen LogP contribution in [-0.2, 0) is 10.0 Å². The van der Waals surface area contributed by atoms with Crippen LogP contribution >= 0.6 is 11.6 Å². The lowest BCUT2D eigenvalue weighted by Crippen LogP contribution is -2.33. The lowest BCUT2D eigenvalue weighted by Gasteiger charge is -2.14. The maximum atomic E-state index is 11.9. The highest BCUT2D eigenvalue weighted by atomic mass is 35.5. The lowest BCUT2D eigenvalue weighted by atomic mass is 10.5. The molecule has 1 rings (SSSR count). The Kier molecular flexibility index (Phi) is 5.33. The van der Waals surface area contributed by atoms with Crippen molar-refractivity contribution in [3.05, 3.63) is 27.6 Å². The monoisotopic (exact) mass is 293 g/mol. The molecule has 0 aliphatic carbocycles. The first-order valence-corrected chi connectivity index (χ1v) is 7.29. The SMILES string of the molecule is CCN(C)CCNS(=O)(=O)c1c[nH]c(=O)c(Cl)c1. The maximum absolute atomic E-state index is 11.9. The van der Waals surface area contributed by atoms with Crippen molar-refractivity contribution in [3.8, 4) is 0 Å². The molecule has 0 aromatic carbocycles. The lowest BCUT2D eigenvalue weighted by molar-refractivity contribution is 0.358. The van der Waals surface area contributed by atoms with Crippen molar-refractivity contribution in [1.82, 2.24) is 14.6 Å². The van der Waals surface area contributed by atoms with Crippen LogP contribution in [-0.4, -0.2) is 45.0 Å². The van der Waals surface area contributed by atoms with Gasteiger partial charge in [-0.1, -0.05) is 18.5 Å². The summed E-state index contributed by atoms with van der Waals surface area (Å²) in [4.78, 5) is 15.2. The highest BCUT2D eigenvalue weighted by Gasteiger charge is 2.15. The fourth-order valence-electron chi connectivity index (χ4n) is 1.21. The summed E-state index contributed by atoms with van der Waals surface area (Å²) in [5.41, 5.74) is -0.513. The van der Waals surface area contributed by atoms with Gasteiger partial charge in [0.15, 0.2) is 0 Å². The third-order valence-electron chi connectivity index (χ3n) is 2.47. The van der Waals surface area contributed by atoms with Crippen molar-refractivity contribution in [2.45, 2.75) is 11.8 Å². The van der Waals surface area contributed by atoms with Crippen LogP contribution in [0.5, 0.6) is 0 Å². The maximum Gasteiger partial charge on any atom is 0.266 e. The standard InChI is InChI=1S/C10H16ClN3O3S/c1-3-14(2)5-4-13-18(16,17)8-6-9(11)10(15)12-7-8/h6-7,13H,3-5H2,1-2H3,(H,12,15). The number of nitrogens with one attached hydrogen (secondary N) is 2. The van der Waals surface area contributed by atoms with E-state index in [9.17, 15) is 13.2 Å². The zero-order valence-electron chi connectivity index (χ0n) is 10.2. The topological polar surface area (TPSA) is 82.3 Å². The average molecular weight is 294 g/mol. The fourth-order valence-corrected chi connectivity index (χ4v) is 2.46. The van der Waals surface area contributed by atoms with Gasteiger partial charge in [-0.05, 0) is 19.7 Å². The molecule has 6 nitrogen and oxygen atoms in total. The molecule has 0 bridgehead atoms. The molecule has 0 aliphatic rings. The number of likely N-dealkylation sites (N-methyl/N-ethyl adjacent to an activating group) is 1. The summed E-state index contributed by atoms with van der Waals surface area (Å²) in [5, 5.41) is -0.149. The Hall–Kier alpha value is -0.890. The van der Waals surface area contributed by atoms with Gasteiger partial charge in [0.1, 0.15) is 5.02 Å². The average Bonchev–Trinajstić information content (AvgIpc) is 2.32. The van der Waals surface area contributed by atoms with E-state index >= 15 is 0 Å². The molecule has 0 spiro atoms. The van der Waals surface area contributed by atoms with Crippen molar-refractivity contribution in [3.63, 3.8) is 0 Å². The molecule has 2 N–H and O–H groups in total. The molecule has 0 saturated carbocycles. The van der Waals surface area contributed by atoms with Crippen molar-refractivity contribution in [1.29, 1.82) is 0 Å². The van der Waals surface area contributed by atoms with E-state index in [-0.39, 0.29) is 9.92 Å². The molecular formula is C10H16ClN3O3S. The molecule has 1 aromatic heterocycles. The van der Waals surface area contributed by atoms with Crippen LogP contribution in [0.15, 0.2) is 22.0 Å². The minimum absolute atomic E-state index is 0.0498. The molecule has 1 aromatic rings. The Labute approximate surface area is 111 Å². The first kappa shape index (κ1) is 15.2. The number of H-pyrrole nitrogens is 1. The predicted molar refractivity (Wildman–Crippen MR) is 70.4 cm³/mol. The van der Waals surface area contributed by atoms with Gasteiger partial charge in [0.25, 0.3) is 5.56 Å². The van der Waals surface area contributed by atoms with Crippen LogP contribution in [0.3, 0.4) is 0 Å². The van der Waals surface area contributed by atoms with Gasteiger partial charge in [0, 0.05) is 19.3 Å². The Balaban J connectivity index is 2.74. The summed E-state index contributed by atoms with van der Waals surface area (Å²) >= 11 is 5.58. The van der Waals surface area contributed by atoms with Gasteiger partial charge >= 0.3 is 0 Å². The van der Waals surface area contributed by atoms with Crippen LogP contribution in [0.1, 0.15) is 6.92 Å². The smallest absolute Gasteiger partial charge is 0.266 e. The molecule has 0 saturated heterocycles. The molecule has 0 amide bonds. The number of rotatable bonds is 6. The molecule has 8 heteroatoms. The van der Waals surface area contributed by atoms with Gasteiger partial charge in [-0.3, -0.25) is 4.79 Å². The Morgan fingerprint density at radius 3 is 2.72 bits per heavy atom. The van der Waals surface area contributed by atoms with Crippen LogP contribution in [0.4, 0.5) is 0 Å². The number of sulfonamides is 1. The van der Waals surface area contributed by atoms with E-state index < -0.39 is 15.6 Å². The molecular weight excluding hydrogens is 278 g/mol. The highest BCUT2D eigenvalue weighted by molar-refractivity contribution is 7.89. The summed E-state index contributed by atoms with van der Waals surface area (Å²) in [6, 6.07) is 1.13. The molecule has 0 aliphatic heterocycles. The van der Waals surface area contributed by atoms with Gasteiger partial charge < -0.3 is 9.88 Å². The quantitative estimate of drug-likeness (QED) is 0.788. The molecule has 0 fully saturated rings. The third-order valence-corrected chi connectivity index (χ3v) is 4.19. The van der Waals surface area contributed by atoms with Gasteiger partial charge in [-0.2, -0.15) is 0 Å².